The molecular formula is C10H17NO3. The number of amides is 1. The molecule has 0 unspecified atom stereocenters. The van der Waals surface area contributed by atoms with Gasteiger partial charge in [0.15, 0.2) is 0 Å². The number of nitrogens with one attached hydrogen (secondary N) is 1. The van der Waals surface area contributed by atoms with Gasteiger partial charge in [-0.25, -0.2) is 4.79 Å². The largest absolute Gasteiger partial charge is 0.479 e. The van der Waals surface area contributed by atoms with E-state index in [1.54, 1.807) is 0 Å². The van der Waals surface area contributed by atoms with Crippen molar-refractivity contribution in [3.8, 4) is 0 Å². The van der Waals surface area contributed by atoms with Gasteiger partial charge in [-0.3, -0.25) is 4.79 Å². The lowest BCUT2D eigenvalue weighted by molar-refractivity contribution is -0.144. The highest BCUT2D eigenvalue weighted by molar-refractivity contribution is 5.90. The molecular weight excluding hydrogens is 182 g/mol. The molecule has 1 amide bonds. The van der Waals surface area contributed by atoms with Crippen molar-refractivity contribution in [2.24, 2.45) is 5.41 Å². The minimum atomic E-state index is -0.998. The molecule has 1 aliphatic carbocycles. The first-order chi connectivity index (χ1) is 6.44. The van der Waals surface area contributed by atoms with Crippen LogP contribution in [0.5, 0.6) is 0 Å². The Kier molecular flexibility index (Phi) is 2.56. The third-order valence-electron chi connectivity index (χ3n) is 3.49. The van der Waals surface area contributed by atoms with Gasteiger partial charge in [-0.15, -0.1) is 0 Å². The summed E-state index contributed by atoms with van der Waals surface area (Å²) >= 11 is 0. The maximum Gasteiger partial charge on any atom is 0.330 e. The molecule has 4 nitrogen and oxygen atoms in total. The second-order valence-electron chi connectivity index (χ2n) is 4.06. The number of rotatable bonds is 4. The Morgan fingerprint density at radius 3 is 2.07 bits per heavy atom. The molecule has 0 saturated heterocycles. The zero-order chi connectivity index (χ0) is 11.0. The van der Waals surface area contributed by atoms with E-state index in [0.29, 0.717) is 6.42 Å². The predicted octanol–water partition coefficient (Wildman–Crippen LogP) is 1.16. The van der Waals surface area contributed by atoms with Gasteiger partial charge in [0.1, 0.15) is 5.54 Å². The van der Waals surface area contributed by atoms with Crippen LogP contribution in [0, 0.1) is 5.41 Å². The highest BCUT2D eigenvalue weighted by Gasteiger charge is 2.70. The van der Waals surface area contributed by atoms with Crippen LogP contribution in [-0.2, 0) is 9.59 Å². The average molecular weight is 199 g/mol. The quantitative estimate of drug-likeness (QED) is 0.714. The standard InChI is InChI=1S/C10H17NO3/c1-4-9(5-2)6-10(9,8(13)14)11-7(3)12/h4-6H2,1-3H3,(H,11,12)(H,13,14)/t10-/m0/s1. The van der Waals surface area contributed by atoms with E-state index in [9.17, 15) is 9.59 Å². The fourth-order valence-corrected chi connectivity index (χ4v) is 2.40. The lowest BCUT2D eigenvalue weighted by Gasteiger charge is -2.20. The first kappa shape index (κ1) is 11.0. The number of hydrogen-bond donors (Lipinski definition) is 2. The molecule has 0 spiro atoms. The molecule has 14 heavy (non-hydrogen) atoms. The van der Waals surface area contributed by atoms with Gasteiger partial charge in [0.05, 0.1) is 0 Å². The molecule has 1 aliphatic rings. The van der Waals surface area contributed by atoms with Gasteiger partial charge in [-0.2, -0.15) is 0 Å². The second kappa shape index (κ2) is 3.26. The number of aliphatic carboxylic acids is 1. The summed E-state index contributed by atoms with van der Waals surface area (Å²) in [6, 6.07) is 0. The van der Waals surface area contributed by atoms with Crippen LogP contribution in [0.1, 0.15) is 40.0 Å². The monoisotopic (exact) mass is 199 g/mol. The number of carbonyl (C=O) groups is 2. The summed E-state index contributed by atoms with van der Waals surface area (Å²) in [5, 5.41) is 11.7. The summed E-state index contributed by atoms with van der Waals surface area (Å²) in [5.41, 5.74) is -1.23. The Labute approximate surface area is 83.7 Å². The molecule has 0 aromatic heterocycles. The van der Waals surface area contributed by atoms with Gasteiger partial charge in [0.2, 0.25) is 5.91 Å². The highest BCUT2D eigenvalue weighted by atomic mass is 16.4. The maximum absolute atomic E-state index is 11.1. The predicted molar refractivity (Wildman–Crippen MR) is 51.8 cm³/mol. The normalized spacial score (nSPS) is 28.2. The summed E-state index contributed by atoms with van der Waals surface area (Å²) in [4.78, 5) is 22.1. The minimum Gasteiger partial charge on any atom is -0.479 e. The van der Waals surface area contributed by atoms with Gasteiger partial charge in [0.25, 0.3) is 0 Å². The molecule has 0 bridgehead atoms. The van der Waals surface area contributed by atoms with Crippen LogP contribution in [0.15, 0.2) is 0 Å². The Hall–Kier alpha value is -1.06. The fraction of sp³-hybridized carbons (Fsp3) is 0.800. The lowest BCUT2D eigenvalue weighted by atomic mass is 9.93. The molecule has 1 fully saturated rings. The van der Waals surface area contributed by atoms with E-state index in [-0.39, 0.29) is 11.3 Å². The van der Waals surface area contributed by atoms with Crippen molar-refractivity contribution >= 4 is 11.9 Å². The maximum atomic E-state index is 11.1. The van der Waals surface area contributed by atoms with Gasteiger partial charge in [0, 0.05) is 12.3 Å². The van der Waals surface area contributed by atoms with Crippen molar-refractivity contribution in [3.05, 3.63) is 0 Å². The van der Waals surface area contributed by atoms with Gasteiger partial charge < -0.3 is 10.4 Å². The van der Waals surface area contributed by atoms with E-state index in [2.05, 4.69) is 5.32 Å². The Morgan fingerprint density at radius 2 is 1.86 bits per heavy atom. The number of carboxylic acids is 1. The minimum absolute atomic E-state index is 0.232. The average Bonchev–Trinajstić information content (AvgIpc) is 2.74. The summed E-state index contributed by atoms with van der Waals surface area (Å²) in [6.45, 7) is 5.30. The molecule has 1 saturated carbocycles. The molecule has 0 heterocycles. The van der Waals surface area contributed by atoms with E-state index in [1.807, 2.05) is 13.8 Å². The summed E-state index contributed by atoms with van der Waals surface area (Å²) < 4.78 is 0. The molecule has 1 atom stereocenters. The van der Waals surface area contributed by atoms with E-state index < -0.39 is 11.5 Å². The van der Waals surface area contributed by atoms with Crippen LogP contribution in [0.3, 0.4) is 0 Å². The lowest BCUT2D eigenvalue weighted by Crippen LogP contribution is -2.46. The van der Waals surface area contributed by atoms with E-state index in [4.69, 9.17) is 5.11 Å². The number of hydrogen-bond acceptors (Lipinski definition) is 2. The third kappa shape index (κ3) is 1.29. The highest BCUT2D eigenvalue weighted by Crippen LogP contribution is 2.61. The van der Waals surface area contributed by atoms with E-state index in [1.165, 1.54) is 6.92 Å². The smallest absolute Gasteiger partial charge is 0.330 e. The van der Waals surface area contributed by atoms with Gasteiger partial charge >= 0.3 is 5.97 Å². The van der Waals surface area contributed by atoms with Crippen molar-refractivity contribution in [2.75, 3.05) is 0 Å². The first-order valence-corrected chi connectivity index (χ1v) is 4.96. The molecule has 0 aromatic rings. The summed E-state index contributed by atoms with van der Waals surface area (Å²) in [6.07, 6.45) is 2.13. The summed E-state index contributed by atoms with van der Waals surface area (Å²) in [5.74, 6) is -1.17. The van der Waals surface area contributed by atoms with Crippen LogP contribution >= 0.6 is 0 Å². The third-order valence-corrected chi connectivity index (χ3v) is 3.49. The Bertz CT molecular complexity index is 271. The van der Waals surface area contributed by atoms with Gasteiger partial charge in [-0.1, -0.05) is 13.8 Å². The topological polar surface area (TPSA) is 66.4 Å². The molecule has 80 valence electrons. The van der Waals surface area contributed by atoms with Crippen molar-refractivity contribution in [1.82, 2.24) is 5.32 Å². The van der Waals surface area contributed by atoms with E-state index >= 15 is 0 Å². The van der Waals surface area contributed by atoms with Crippen molar-refractivity contribution in [1.29, 1.82) is 0 Å². The van der Waals surface area contributed by atoms with Gasteiger partial charge in [-0.05, 0) is 19.3 Å². The molecule has 0 aliphatic heterocycles. The van der Waals surface area contributed by atoms with Crippen LogP contribution in [0.25, 0.3) is 0 Å². The Morgan fingerprint density at radius 1 is 1.36 bits per heavy atom. The number of carboxylic acid groups (broad SMARTS) is 1. The van der Waals surface area contributed by atoms with Crippen molar-refractivity contribution < 1.29 is 14.7 Å². The second-order valence-corrected chi connectivity index (χ2v) is 4.06. The molecule has 1 rings (SSSR count). The van der Waals surface area contributed by atoms with Crippen LogP contribution in [-0.4, -0.2) is 22.5 Å². The SMILES string of the molecule is CCC1(CC)C[C@]1(NC(C)=O)C(=O)O. The van der Waals surface area contributed by atoms with Crippen molar-refractivity contribution in [2.45, 2.75) is 45.6 Å². The van der Waals surface area contributed by atoms with Crippen LogP contribution in [0.4, 0.5) is 0 Å². The van der Waals surface area contributed by atoms with Crippen molar-refractivity contribution in [3.63, 3.8) is 0 Å². The molecule has 4 heteroatoms. The zero-order valence-electron chi connectivity index (χ0n) is 8.89. The molecule has 0 aromatic carbocycles. The summed E-state index contributed by atoms with van der Waals surface area (Å²) in [7, 11) is 0. The molecule has 0 radical (unpaired) electrons. The van der Waals surface area contributed by atoms with E-state index in [0.717, 1.165) is 12.8 Å². The Balaban J connectivity index is 2.89. The molecule has 2 N–H and O–H groups in total. The fourth-order valence-electron chi connectivity index (χ4n) is 2.40. The first-order valence-electron chi connectivity index (χ1n) is 4.96. The zero-order valence-corrected chi connectivity index (χ0v) is 8.89. The van der Waals surface area contributed by atoms with Crippen LogP contribution < -0.4 is 5.32 Å². The number of carbonyl (C=O) groups excluding carboxylic acids is 1. The van der Waals surface area contributed by atoms with Crippen LogP contribution in [0.2, 0.25) is 0 Å².